The fraction of sp³-hybridized carbons (Fsp3) is 0.636. The molecule has 0 spiro atoms. The summed E-state index contributed by atoms with van der Waals surface area (Å²) in [6, 6.07) is 0. The van der Waals surface area contributed by atoms with Crippen LogP contribution in [0.1, 0.15) is 59.3 Å². The lowest BCUT2D eigenvalue weighted by Crippen LogP contribution is -2.50. The van der Waals surface area contributed by atoms with Gasteiger partial charge in [-0.25, -0.2) is 0 Å². The molecule has 0 unspecified atom stereocenters. The minimum absolute atomic E-state index is 0.0191. The standard InChI is InChI=1S/C22H30O4/c1-13-7-6-8-18-21(13,3)10-9-14(2)22(18,4)12-15-19(24)16(23)11-17(26-5)20(15)25/h11,14,18,24H,1,6-10,12H2,2-5H3/t14-,18-,21+,22+/m1/s1. The predicted molar refractivity (Wildman–Crippen MR) is 100 cm³/mol. The number of rotatable bonds is 3. The van der Waals surface area contributed by atoms with E-state index >= 15 is 0 Å². The third kappa shape index (κ3) is 2.65. The lowest BCUT2D eigenvalue weighted by Gasteiger charge is -2.59. The van der Waals surface area contributed by atoms with Crippen LogP contribution in [-0.2, 0) is 14.3 Å². The molecule has 0 aliphatic heterocycles. The fourth-order valence-corrected chi connectivity index (χ4v) is 5.62. The molecule has 0 bridgehead atoms. The van der Waals surface area contributed by atoms with Crippen molar-refractivity contribution in [2.45, 2.75) is 59.3 Å². The normalized spacial score (nSPS) is 38.2. The third-order valence-corrected chi connectivity index (χ3v) is 7.62. The Hall–Kier alpha value is -1.84. The Morgan fingerprint density at radius 1 is 1.31 bits per heavy atom. The van der Waals surface area contributed by atoms with E-state index in [2.05, 4.69) is 27.4 Å². The van der Waals surface area contributed by atoms with Gasteiger partial charge in [0.15, 0.2) is 11.5 Å². The van der Waals surface area contributed by atoms with Gasteiger partial charge in [0.2, 0.25) is 11.6 Å². The molecule has 3 rings (SSSR count). The first kappa shape index (κ1) is 18.9. The third-order valence-electron chi connectivity index (χ3n) is 7.62. The first-order valence-corrected chi connectivity index (χ1v) is 9.60. The smallest absolute Gasteiger partial charge is 0.227 e. The molecule has 0 saturated heterocycles. The van der Waals surface area contributed by atoms with Gasteiger partial charge >= 0.3 is 0 Å². The van der Waals surface area contributed by atoms with Crippen LogP contribution in [0.4, 0.5) is 0 Å². The molecule has 142 valence electrons. The molecule has 4 atom stereocenters. The van der Waals surface area contributed by atoms with Gasteiger partial charge in [0, 0.05) is 11.6 Å². The van der Waals surface area contributed by atoms with Crippen molar-refractivity contribution in [1.82, 2.24) is 0 Å². The Kier molecular flexibility index (Phi) is 4.66. The van der Waals surface area contributed by atoms with Crippen LogP contribution in [0.2, 0.25) is 0 Å². The lowest BCUT2D eigenvalue weighted by atomic mass is 9.46. The Morgan fingerprint density at radius 3 is 2.65 bits per heavy atom. The zero-order valence-electron chi connectivity index (χ0n) is 16.4. The highest BCUT2D eigenvalue weighted by Crippen LogP contribution is 2.63. The van der Waals surface area contributed by atoms with Crippen molar-refractivity contribution in [2.24, 2.45) is 22.7 Å². The van der Waals surface area contributed by atoms with E-state index in [1.807, 2.05) is 0 Å². The first-order valence-electron chi connectivity index (χ1n) is 9.60. The van der Waals surface area contributed by atoms with Crippen LogP contribution in [0.15, 0.2) is 35.3 Å². The molecule has 4 heteroatoms. The van der Waals surface area contributed by atoms with Crippen molar-refractivity contribution >= 4 is 11.6 Å². The number of carbonyl (C=O) groups is 2. The molecule has 0 amide bonds. The van der Waals surface area contributed by atoms with Gasteiger partial charge in [0.1, 0.15) is 0 Å². The molecule has 0 aromatic heterocycles. The van der Waals surface area contributed by atoms with E-state index in [-0.39, 0.29) is 27.9 Å². The quantitative estimate of drug-likeness (QED) is 0.588. The largest absolute Gasteiger partial charge is 0.504 e. The number of methoxy groups -OCH3 is 1. The minimum atomic E-state index is -0.542. The maximum Gasteiger partial charge on any atom is 0.227 e. The summed E-state index contributed by atoms with van der Waals surface area (Å²) in [7, 11) is 1.38. The molecule has 1 N–H and O–H groups in total. The molecule has 26 heavy (non-hydrogen) atoms. The SMILES string of the molecule is C=C1CCC[C@H]2[C@@](C)(CC3=C(O)C(=O)C=C(OC)C3=O)[C@H](C)CC[C@@]12C. The van der Waals surface area contributed by atoms with Crippen LogP contribution in [0, 0.1) is 22.7 Å². The number of aliphatic hydroxyl groups excluding tert-OH is 1. The summed E-state index contributed by atoms with van der Waals surface area (Å²) in [6.07, 6.45) is 6.95. The van der Waals surface area contributed by atoms with Gasteiger partial charge in [-0.3, -0.25) is 9.59 Å². The average Bonchev–Trinajstić information content (AvgIpc) is 2.61. The van der Waals surface area contributed by atoms with Gasteiger partial charge in [-0.15, -0.1) is 0 Å². The van der Waals surface area contributed by atoms with E-state index in [0.29, 0.717) is 18.3 Å². The summed E-state index contributed by atoms with van der Waals surface area (Å²) in [5.41, 5.74) is 1.42. The van der Waals surface area contributed by atoms with Crippen LogP contribution >= 0.6 is 0 Å². The first-order chi connectivity index (χ1) is 12.1. The van der Waals surface area contributed by atoms with Gasteiger partial charge in [0.05, 0.1) is 7.11 Å². The number of aliphatic hydroxyl groups is 1. The van der Waals surface area contributed by atoms with Crippen LogP contribution in [0.25, 0.3) is 0 Å². The maximum absolute atomic E-state index is 12.8. The van der Waals surface area contributed by atoms with Crippen molar-refractivity contribution in [3.8, 4) is 0 Å². The predicted octanol–water partition coefficient (Wildman–Crippen LogP) is 4.67. The van der Waals surface area contributed by atoms with Gasteiger partial charge in [0.25, 0.3) is 0 Å². The average molecular weight is 358 g/mol. The number of carbonyl (C=O) groups excluding carboxylic acids is 2. The Labute approximate surface area is 156 Å². The van der Waals surface area contributed by atoms with Gasteiger partial charge < -0.3 is 9.84 Å². The molecule has 0 aromatic rings. The minimum Gasteiger partial charge on any atom is -0.504 e. The topological polar surface area (TPSA) is 63.6 Å². The molecular formula is C22H30O4. The van der Waals surface area contributed by atoms with E-state index in [4.69, 9.17) is 4.74 Å². The van der Waals surface area contributed by atoms with Crippen molar-refractivity contribution in [2.75, 3.05) is 7.11 Å². The molecule has 2 saturated carbocycles. The Balaban J connectivity index is 2.01. The Bertz CT molecular complexity index is 728. The number of hydrogen-bond donors (Lipinski definition) is 1. The van der Waals surface area contributed by atoms with Crippen LogP contribution in [-0.4, -0.2) is 23.8 Å². The summed E-state index contributed by atoms with van der Waals surface area (Å²) in [5.74, 6) is -0.511. The molecule has 2 fully saturated rings. The zero-order chi connectivity index (χ0) is 19.3. The number of hydrogen-bond acceptors (Lipinski definition) is 4. The molecule has 0 aromatic carbocycles. The molecule has 0 heterocycles. The fourth-order valence-electron chi connectivity index (χ4n) is 5.62. The highest BCUT2D eigenvalue weighted by molar-refractivity contribution is 6.20. The Morgan fingerprint density at radius 2 is 2.00 bits per heavy atom. The lowest BCUT2D eigenvalue weighted by molar-refractivity contribution is -0.120. The summed E-state index contributed by atoms with van der Waals surface area (Å²) in [5, 5.41) is 10.4. The van der Waals surface area contributed by atoms with Crippen LogP contribution in [0.3, 0.4) is 0 Å². The summed E-state index contributed by atoms with van der Waals surface area (Å²) >= 11 is 0. The number of Topliss-reactive ketones (excluding diaryl/α,β-unsaturated/α-hetero) is 1. The molecular weight excluding hydrogens is 328 g/mol. The van der Waals surface area contributed by atoms with Gasteiger partial charge in [-0.1, -0.05) is 32.9 Å². The van der Waals surface area contributed by atoms with Gasteiger partial charge in [-0.2, -0.15) is 0 Å². The monoisotopic (exact) mass is 358 g/mol. The van der Waals surface area contributed by atoms with E-state index < -0.39 is 11.5 Å². The summed E-state index contributed by atoms with van der Waals surface area (Å²) in [6.45, 7) is 11.1. The van der Waals surface area contributed by atoms with Crippen LogP contribution < -0.4 is 0 Å². The second kappa shape index (κ2) is 6.40. The van der Waals surface area contributed by atoms with Crippen molar-refractivity contribution < 1.29 is 19.4 Å². The van der Waals surface area contributed by atoms with E-state index in [1.165, 1.54) is 12.7 Å². The second-order valence-corrected chi connectivity index (χ2v) is 8.82. The zero-order valence-corrected chi connectivity index (χ0v) is 16.4. The molecule has 0 radical (unpaired) electrons. The highest BCUT2D eigenvalue weighted by Gasteiger charge is 2.54. The number of ketones is 2. The highest BCUT2D eigenvalue weighted by atomic mass is 16.5. The van der Waals surface area contributed by atoms with E-state index in [9.17, 15) is 14.7 Å². The van der Waals surface area contributed by atoms with Crippen LogP contribution in [0.5, 0.6) is 0 Å². The molecule has 4 nitrogen and oxygen atoms in total. The second-order valence-electron chi connectivity index (χ2n) is 8.82. The van der Waals surface area contributed by atoms with Gasteiger partial charge in [-0.05, 0) is 61.2 Å². The summed E-state index contributed by atoms with van der Waals surface area (Å²) < 4.78 is 5.08. The van der Waals surface area contributed by atoms with Crippen molar-refractivity contribution in [3.05, 3.63) is 35.3 Å². The van der Waals surface area contributed by atoms with E-state index in [0.717, 1.165) is 38.2 Å². The van der Waals surface area contributed by atoms with Crippen molar-refractivity contribution in [3.63, 3.8) is 0 Å². The maximum atomic E-state index is 12.8. The molecule has 3 aliphatic carbocycles. The number of fused-ring (bicyclic) bond motifs is 1. The summed E-state index contributed by atoms with van der Waals surface area (Å²) in [4.78, 5) is 24.9. The van der Waals surface area contributed by atoms with Crippen molar-refractivity contribution in [1.29, 1.82) is 0 Å². The number of allylic oxidation sites excluding steroid dienone is 3. The van der Waals surface area contributed by atoms with E-state index in [1.54, 1.807) is 0 Å². The molecule has 3 aliphatic rings. The number of ether oxygens (including phenoxy) is 1.